The van der Waals surface area contributed by atoms with Gasteiger partial charge in [-0.2, -0.15) is 0 Å². The van der Waals surface area contributed by atoms with Gasteiger partial charge in [0, 0.05) is 13.0 Å². The molecule has 1 aliphatic heterocycles. The Balaban J connectivity index is 2.12. The van der Waals surface area contributed by atoms with Gasteiger partial charge in [-0.05, 0) is 38.5 Å². The van der Waals surface area contributed by atoms with E-state index in [1.807, 2.05) is 0 Å². The number of unbranched alkanes of at least 4 members (excludes halogenated alkanes) is 18. The van der Waals surface area contributed by atoms with E-state index < -0.39 is 43.4 Å². The first-order valence-electron chi connectivity index (χ1n) is 18.8. The fourth-order valence-corrected chi connectivity index (χ4v) is 5.66. The summed E-state index contributed by atoms with van der Waals surface area (Å²) in [6, 6.07) is 0. The first-order valence-corrected chi connectivity index (χ1v) is 18.8. The van der Waals surface area contributed by atoms with Crippen LogP contribution in [0.4, 0.5) is 0 Å². The standard InChI is InChI=1S/C37H70O9/c1-3-5-7-8-9-10-11-12-13-14-15-16-17-18-19-20-21-22-23-25-27-43-29-31(45-33(39)26-24-6-4-2)30-44-37-36(42)35(41)34(40)32(28-38)46-37/h12-13,31-32,34-38,40-42H,3-11,14-30H2,1-2H3/b13-12-. The van der Waals surface area contributed by atoms with Crippen LogP contribution in [0.5, 0.6) is 0 Å². The van der Waals surface area contributed by atoms with Crippen LogP contribution in [0.2, 0.25) is 0 Å². The van der Waals surface area contributed by atoms with Crippen LogP contribution in [0.15, 0.2) is 12.2 Å². The molecule has 0 aromatic carbocycles. The average molecular weight is 659 g/mol. The van der Waals surface area contributed by atoms with Gasteiger partial charge in [0.1, 0.15) is 30.5 Å². The maximum atomic E-state index is 12.3. The summed E-state index contributed by atoms with van der Waals surface area (Å²) >= 11 is 0. The summed E-state index contributed by atoms with van der Waals surface area (Å²) in [7, 11) is 0. The highest BCUT2D eigenvalue weighted by atomic mass is 16.7. The monoisotopic (exact) mass is 659 g/mol. The van der Waals surface area contributed by atoms with Crippen molar-refractivity contribution < 1.29 is 44.2 Å². The SMILES string of the molecule is CCCCCCCC/C=C\CCCCCCCCCCCCOCC(COC1OC(CO)C(O)C(O)C1O)OC(=O)CCCCC. The van der Waals surface area contributed by atoms with Crippen LogP contribution in [-0.2, 0) is 23.7 Å². The van der Waals surface area contributed by atoms with Crippen molar-refractivity contribution >= 4 is 5.97 Å². The van der Waals surface area contributed by atoms with E-state index >= 15 is 0 Å². The molecule has 0 radical (unpaired) electrons. The molecule has 0 aromatic rings. The van der Waals surface area contributed by atoms with Gasteiger partial charge < -0.3 is 39.4 Å². The fraction of sp³-hybridized carbons (Fsp3) is 0.919. The van der Waals surface area contributed by atoms with Crippen molar-refractivity contribution in [3.05, 3.63) is 12.2 Å². The number of carbonyl (C=O) groups excluding carboxylic acids is 1. The number of ether oxygens (including phenoxy) is 4. The molecule has 1 aliphatic rings. The Morgan fingerprint density at radius 1 is 0.674 bits per heavy atom. The van der Waals surface area contributed by atoms with Gasteiger partial charge in [0.25, 0.3) is 0 Å². The molecule has 9 nitrogen and oxygen atoms in total. The van der Waals surface area contributed by atoms with Crippen LogP contribution in [0.25, 0.3) is 0 Å². The van der Waals surface area contributed by atoms with E-state index in [9.17, 15) is 25.2 Å². The van der Waals surface area contributed by atoms with Gasteiger partial charge in [-0.25, -0.2) is 0 Å². The van der Waals surface area contributed by atoms with Crippen LogP contribution < -0.4 is 0 Å². The molecular formula is C37H70O9. The number of rotatable bonds is 31. The maximum Gasteiger partial charge on any atom is 0.306 e. The lowest BCUT2D eigenvalue weighted by molar-refractivity contribution is -0.305. The molecule has 1 heterocycles. The molecule has 272 valence electrons. The smallest absolute Gasteiger partial charge is 0.306 e. The second-order valence-corrected chi connectivity index (χ2v) is 13.0. The summed E-state index contributed by atoms with van der Waals surface area (Å²) in [4.78, 5) is 12.3. The van der Waals surface area contributed by atoms with Crippen LogP contribution in [-0.4, -0.2) is 89.6 Å². The topological polar surface area (TPSA) is 135 Å². The van der Waals surface area contributed by atoms with E-state index in [1.165, 1.54) is 103 Å². The lowest BCUT2D eigenvalue weighted by Crippen LogP contribution is -2.59. The Labute approximate surface area is 280 Å². The number of hydrogen-bond donors (Lipinski definition) is 4. The predicted molar refractivity (Wildman–Crippen MR) is 182 cm³/mol. The van der Waals surface area contributed by atoms with E-state index in [1.54, 1.807) is 0 Å². The minimum atomic E-state index is -1.53. The molecule has 6 unspecified atom stereocenters. The van der Waals surface area contributed by atoms with Crippen LogP contribution in [0.3, 0.4) is 0 Å². The molecule has 1 saturated heterocycles. The highest BCUT2D eigenvalue weighted by Gasteiger charge is 2.44. The number of aliphatic hydroxyl groups excluding tert-OH is 4. The number of esters is 1. The van der Waals surface area contributed by atoms with Gasteiger partial charge >= 0.3 is 5.97 Å². The summed E-state index contributed by atoms with van der Waals surface area (Å²) in [5.41, 5.74) is 0. The zero-order valence-corrected chi connectivity index (χ0v) is 29.3. The van der Waals surface area contributed by atoms with E-state index in [4.69, 9.17) is 18.9 Å². The Kier molecular flexibility index (Phi) is 28.0. The summed E-state index contributed by atoms with van der Waals surface area (Å²) in [5.74, 6) is -0.338. The van der Waals surface area contributed by atoms with Crippen molar-refractivity contribution in [3.8, 4) is 0 Å². The summed E-state index contributed by atoms with van der Waals surface area (Å²) in [5, 5.41) is 39.6. The van der Waals surface area contributed by atoms with Crippen molar-refractivity contribution in [2.45, 2.75) is 192 Å². The second-order valence-electron chi connectivity index (χ2n) is 13.0. The second kappa shape index (κ2) is 30.0. The van der Waals surface area contributed by atoms with Crippen molar-refractivity contribution in [2.24, 2.45) is 0 Å². The van der Waals surface area contributed by atoms with E-state index in [0.29, 0.717) is 13.0 Å². The molecule has 9 heteroatoms. The molecule has 6 atom stereocenters. The molecule has 0 spiro atoms. The Morgan fingerprint density at radius 3 is 1.76 bits per heavy atom. The van der Waals surface area contributed by atoms with Crippen molar-refractivity contribution in [3.63, 3.8) is 0 Å². The first-order chi connectivity index (χ1) is 22.4. The molecule has 0 bridgehead atoms. The number of carbonyl (C=O) groups is 1. The number of allylic oxidation sites excluding steroid dienone is 2. The van der Waals surface area contributed by atoms with Crippen LogP contribution >= 0.6 is 0 Å². The van der Waals surface area contributed by atoms with Crippen molar-refractivity contribution in [1.82, 2.24) is 0 Å². The van der Waals surface area contributed by atoms with Gasteiger partial charge in [0.15, 0.2) is 6.29 Å². The molecule has 4 N–H and O–H groups in total. The van der Waals surface area contributed by atoms with Gasteiger partial charge in [0.2, 0.25) is 0 Å². The Morgan fingerprint density at radius 2 is 1.20 bits per heavy atom. The number of hydrogen-bond acceptors (Lipinski definition) is 9. The van der Waals surface area contributed by atoms with Gasteiger partial charge in [-0.15, -0.1) is 0 Å². The predicted octanol–water partition coefficient (Wildman–Crippen LogP) is 6.91. The zero-order valence-electron chi connectivity index (χ0n) is 29.3. The average Bonchev–Trinajstić information content (AvgIpc) is 3.05. The van der Waals surface area contributed by atoms with Crippen LogP contribution in [0, 0.1) is 0 Å². The highest BCUT2D eigenvalue weighted by molar-refractivity contribution is 5.69. The highest BCUT2D eigenvalue weighted by Crippen LogP contribution is 2.22. The zero-order chi connectivity index (χ0) is 33.7. The summed E-state index contributed by atoms with van der Waals surface area (Å²) in [6.45, 7) is 4.38. The van der Waals surface area contributed by atoms with Gasteiger partial charge in [0.05, 0.1) is 19.8 Å². The fourth-order valence-electron chi connectivity index (χ4n) is 5.66. The number of aliphatic hydroxyl groups is 4. The largest absolute Gasteiger partial charge is 0.457 e. The minimum Gasteiger partial charge on any atom is -0.457 e. The lowest BCUT2D eigenvalue weighted by Gasteiger charge is -2.39. The molecule has 46 heavy (non-hydrogen) atoms. The Bertz CT molecular complexity index is 717. The molecule has 1 fully saturated rings. The molecule has 1 rings (SSSR count). The quantitative estimate of drug-likeness (QED) is 0.0356. The van der Waals surface area contributed by atoms with E-state index in [2.05, 4.69) is 26.0 Å². The van der Waals surface area contributed by atoms with Gasteiger partial charge in [-0.1, -0.05) is 122 Å². The molecule has 0 aliphatic carbocycles. The lowest BCUT2D eigenvalue weighted by atomic mass is 9.99. The van der Waals surface area contributed by atoms with Crippen LogP contribution in [0.1, 0.15) is 155 Å². The maximum absolute atomic E-state index is 12.3. The molecular weight excluding hydrogens is 588 g/mol. The first kappa shape index (κ1) is 43.0. The summed E-state index contributed by atoms with van der Waals surface area (Å²) in [6.07, 6.45) is 23.3. The summed E-state index contributed by atoms with van der Waals surface area (Å²) < 4.78 is 22.4. The minimum absolute atomic E-state index is 0.113. The third-order valence-electron chi connectivity index (χ3n) is 8.68. The molecule has 0 saturated carbocycles. The third-order valence-corrected chi connectivity index (χ3v) is 8.68. The normalized spacial score (nSPS) is 22.4. The molecule has 0 aromatic heterocycles. The van der Waals surface area contributed by atoms with E-state index in [-0.39, 0.29) is 19.2 Å². The third kappa shape index (κ3) is 21.7. The van der Waals surface area contributed by atoms with Crippen molar-refractivity contribution in [1.29, 1.82) is 0 Å². The van der Waals surface area contributed by atoms with E-state index in [0.717, 1.165) is 32.1 Å². The van der Waals surface area contributed by atoms with Crippen molar-refractivity contribution in [2.75, 3.05) is 26.4 Å². The Hall–Kier alpha value is -1.07. The van der Waals surface area contributed by atoms with Gasteiger partial charge in [-0.3, -0.25) is 4.79 Å². The molecule has 0 amide bonds.